The fourth-order valence-electron chi connectivity index (χ4n) is 2.89. The Morgan fingerprint density at radius 2 is 2.14 bits per heavy atom. The summed E-state index contributed by atoms with van der Waals surface area (Å²) in [6, 6.07) is -0.0292. The topological polar surface area (TPSA) is 74.7 Å². The van der Waals surface area contributed by atoms with Gasteiger partial charge in [0.2, 0.25) is 10.0 Å². The van der Waals surface area contributed by atoms with Crippen LogP contribution in [-0.4, -0.2) is 36.4 Å². The van der Waals surface area contributed by atoms with Crippen molar-refractivity contribution in [2.45, 2.75) is 56.9 Å². The van der Waals surface area contributed by atoms with E-state index >= 15 is 0 Å². The Balaban J connectivity index is 2.50. The summed E-state index contributed by atoms with van der Waals surface area (Å²) in [5.41, 5.74) is 0.525. The van der Waals surface area contributed by atoms with Crippen molar-refractivity contribution in [2.75, 3.05) is 6.54 Å². The molecule has 1 unspecified atom stereocenters. The minimum atomic E-state index is -3.75. The van der Waals surface area contributed by atoms with Gasteiger partial charge in [0, 0.05) is 12.6 Å². The van der Waals surface area contributed by atoms with E-state index < -0.39 is 16.0 Å². The van der Waals surface area contributed by atoms with E-state index in [9.17, 15) is 18.3 Å². The molecule has 0 aromatic carbocycles. The van der Waals surface area contributed by atoms with E-state index in [-0.39, 0.29) is 15.8 Å². The maximum Gasteiger partial charge on any atom is 0.347 e. The second-order valence-electron chi connectivity index (χ2n) is 5.41. The van der Waals surface area contributed by atoms with Gasteiger partial charge in [0.15, 0.2) is 0 Å². The minimum Gasteiger partial charge on any atom is -0.477 e. The molecule has 1 aliphatic heterocycles. The van der Waals surface area contributed by atoms with Crippen LogP contribution in [0.15, 0.2) is 10.3 Å². The summed E-state index contributed by atoms with van der Waals surface area (Å²) in [4.78, 5) is 11.2. The smallest absolute Gasteiger partial charge is 0.347 e. The van der Waals surface area contributed by atoms with Gasteiger partial charge in [-0.05, 0) is 37.1 Å². The minimum absolute atomic E-state index is 0.0136. The molecule has 1 saturated heterocycles. The molecule has 0 spiro atoms. The first kappa shape index (κ1) is 16.5. The number of thiophene rings is 1. The highest BCUT2D eigenvalue weighted by Crippen LogP contribution is 2.33. The largest absolute Gasteiger partial charge is 0.477 e. The summed E-state index contributed by atoms with van der Waals surface area (Å²) >= 11 is 0.984. The maximum absolute atomic E-state index is 13.0. The molecular weight excluding hydrogens is 310 g/mol. The van der Waals surface area contributed by atoms with Crippen molar-refractivity contribution in [2.24, 2.45) is 0 Å². The lowest BCUT2D eigenvalue weighted by Gasteiger charge is -2.28. The van der Waals surface area contributed by atoms with Crippen molar-refractivity contribution >= 4 is 27.3 Å². The molecule has 1 fully saturated rings. The van der Waals surface area contributed by atoms with Gasteiger partial charge in [0.25, 0.3) is 0 Å². The number of carboxylic acids is 1. The van der Waals surface area contributed by atoms with Gasteiger partial charge >= 0.3 is 5.97 Å². The van der Waals surface area contributed by atoms with Crippen LogP contribution >= 0.6 is 11.3 Å². The SMILES string of the molecule is CCC1CCCCCN1S(=O)(=O)c1c(C)csc1C(=O)O. The summed E-state index contributed by atoms with van der Waals surface area (Å²) in [5.74, 6) is -1.17. The summed E-state index contributed by atoms with van der Waals surface area (Å²) in [7, 11) is -3.75. The quantitative estimate of drug-likeness (QED) is 0.920. The lowest BCUT2D eigenvalue weighted by atomic mass is 10.1. The van der Waals surface area contributed by atoms with Crippen LogP contribution in [0.5, 0.6) is 0 Å². The van der Waals surface area contributed by atoms with Crippen LogP contribution in [0.3, 0.4) is 0 Å². The van der Waals surface area contributed by atoms with Crippen molar-refractivity contribution < 1.29 is 18.3 Å². The van der Waals surface area contributed by atoms with Crippen molar-refractivity contribution in [1.82, 2.24) is 4.31 Å². The third-order valence-electron chi connectivity index (χ3n) is 3.97. The average molecular weight is 331 g/mol. The summed E-state index contributed by atoms with van der Waals surface area (Å²) < 4.78 is 27.5. The predicted molar refractivity (Wildman–Crippen MR) is 82.5 cm³/mol. The van der Waals surface area contributed by atoms with Gasteiger partial charge in [-0.2, -0.15) is 4.31 Å². The fraction of sp³-hybridized carbons (Fsp3) is 0.643. The van der Waals surface area contributed by atoms with E-state index in [1.807, 2.05) is 6.92 Å². The molecule has 1 aromatic rings. The second kappa shape index (κ2) is 6.46. The number of sulfonamides is 1. The molecule has 1 atom stereocenters. The third kappa shape index (κ3) is 3.14. The number of carbonyl (C=O) groups is 1. The molecule has 0 saturated carbocycles. The molecule has 118 valence electrons. The van der Waals surface area contributed by atoms with Crippen LogP contribution in [0.25, 0.3) is 0 Å². The molecule has 2 rings (SSSR count). The van der Waals surface area contributed by atoms with Crippen molar-refractivity contribution in [3.05, 3.63) is 15.8 Å². The molecule has 1 aromatic heterocycles. The zero-order valence-electron chi connectivity index (χ0n) is 12.3. The third-order valence-corrected chi connectivity index (χ3v) is 7.33. The van der Waals surface area contributed by atoms with E-state index in [1.165, 1.54) is 4.31 Å². The number of aromatic carboxylic acids is 1. The van der Waals surface area contributed by atoms with E-state index in [4.69, 9.17) is 0 Å². The highest BCUT2D eigenvalue weighted by atomic mass is 32.2. The van der Waals surface area contributed by atoms with Gasteiger partial charge in [-0.1, -0.05) is 19.8 Å². The van der Waals surface area contributed by atoms with Crippen molar-refractivity contribution in [1.29, 1.82) is 0 Å². The first-order valence-electron chi connectivity index (χ1n) is 7.22. The molecule has 7 heteroatoms. The van der Waals surface area contributed by atoms with Gasteiger partial charge in [-0.25, -0.2) is 13.2 Å². The zero-order valence-corrected chi connectivity index (χ0v) is 14.0. The number of carboxylic acid groups (broad SMARTS) is 1. The summed E-state index contributed by atoms with van der Waals surface area (Å²) in [6.07, 6.45) is 4.49. The van der Waals surface area contributed by atoms with Crippen LogP contribution in [0, 0.1) is 6.92 Å². The molecular formula is C14H21NO4S2. The Bertz CT molecular complexity index is 621. The Morgan fingerprint density at radius 1 is 1.43 bits per heavy atom. The van der Waals surface area contributed by atoms with Gasteiger partial charge in [-0.15, -0.1) is 11.3 Å². The molecule has 21 heavy (non-hydrogen) atoms. The van der Waals surface area contributed by atoms with Crippen LogP contribution in [0.2, 0.25) is 0 Å². The molecule has 0 amide bonds. The first-order valence-corrected chi connectivity index (χ1v) is 9.54. The number of hydrogen-bond acceptors (Lipinski definition) is 4. The highest BCUT2D eigenvalue weighted by molar-refractivity contribution is 7.89. The zero-order chi connectivity index (χ0) is 15.6. The average Bonchev–Trinajstić information content (AvgIpc) is 2.68. The molecule has 1 N–H and O–H groups in total. The van der Waals surface area contributed by atoms with Crippen molar-refractivity contribution in [3.8, 4) is 0 Å². The molecule has 0 aliphatic carbocycles. The molecule has 0 radical (unpaired) electrons. The first-order chi connectivity index (χ1) is 9.89. The van der Waals surface area contributed by atoms with E-state index in [0.29, 0.717) is 12.1 Å². The summed E-state index contributed by atoms with van der Waals surface area (Å²) in [5, 5.41) is 10.9. The van der Waals surface area contributed by atoms with Crippen LogP contribution in [-0.2, 0) is 10.0 Å². The lowest BCUT2D eigenvalue weighted by molar-refractivity contribution is 0.0698. The van der Waals surface area contributed by atoms with Gasteiger partial charge in [0.05, 0.1) is 0 Å². The van der Waals surface area contributed by atoms with Crippen LogP contribution in [0.4, 0.5) is 0 Å². The molecule has 2 heterocycles. The molecule has 1 aliphatic rings. The Hall–Kier alpha value is -0.920. The Morgan fingerprint density at radius 3 is 2.76 bits per heavy atom. The Labute approximate surface area is 129 Å². The van der Waals surface area contributed by atoms with Crippen LogP contribution < -0.4 is 0 Å². The van der Waals surface area contributed by atoms with Gasteiger partial charge in [0.1, 0.15) is 9.77 Å². The number of rotatable bonds is 4. The summed E-state index contributed by atoms with van der Waals surface area (Å²) in [6.45, 7) is 4.13. The number of hydrogen-bond donors (Lipinski definition) is 1. The van der Waals surface area contributed by atoms with Crippen LogP contribution in [0.1, 0.15) is 54.3 Å². The van der Waals surface area contributed by atoms with E-state index in [0.717, 1.165) is 43.4 Å². The maximum atomic E-state index is 13.0. The van der Waals surface area contributed by atoms with Gasteiger partial charge < -0.3 is 5.11 Å². The number of nitrogens with zero attached hydrogens (tertiary/aromatic N) is 1. The van der Waals surface area contributed by atoms with Gasteiger partial charge in [-0.3, -0.25) is 0 Å². The molecule has 5 nitrogen and oxygen atoms in total. The lowest BCUT2D eigenvalue weighted by Crippen LogP contribution is -2.40. The molecule has 0 bridgehead atoms. The van der Waals surface area contributed by atoms with E-state index in [2.05, 4.69) is 0 Å². The standard InChI is InChI=1S/C14H21NO4S2/c1-3-11-7-5-4-6-8-15(11)21(18,19)13-10(2)9-20-12(13)14(16)17/h9,11H,3-8H2,1-2H3,(H,16,17). The number of aryl methyl sites for hydroxylation is 1. The monoisotopic (exact) mass is 331 g/mol. The second-order valence-corrected chi connectivity index (χ2v) is 8.12. The van der Waals surface area contributed by atoms with Crippen molar-refractivity contribution in [3.63, 3.8) is 0 Å². The fourth-order valence-corrected chi connectivity index (χ4v) is 6.25. The highest BCUT2D eigenvalue weighted by Gasteiger charge is 2.36. The predicted octanol–water partition coefficient (Wildman–Crippen LogP) is 3.10. The van der Waals surface area contributed by atoms with E-state index in [1.54, 1.807) is 12.3 Å². The normalized spacial score (nSPS) is 21.1. The Kier molecular flexibility index (Phi) is 5.06.